The van der Waals surface area contributed by atoms with Crippen LogP contribution in [0.1, 0.15) is 24.8 Å². The van der Waals surface area contributed by atoms with Gasteiger partial charge in [-0.15, -0.1) is 0 Å². The monoisotopic (exact) mass is 256 g/mol. The highest BCUT2D eigenvalue weighted by atomic mass is 16.5. The van der Waals surface area contributed by atoms with Crippen LogP contribution in [0.2, 0.25) is 0 Å². The van der Waals surface area contributed by atoms with Crippen LogP contribution in [0, 0.1) is 11.8 Å². The fraction of sp³-hybridized carbons (Fsp3) is 0.353. The van der Waals surface area contributed by atoms with Gasteiger partial charge in [0.05, 0.1) is 7.11 Å². The summed E-state index contributed by atoms with van der Waals surface area (Å²) in [6, 6.07) is 10.3. The molecule has 0 heterocycles. The summed E-state index contributed by atoms with van der Waals surface area (Å²) < 4.78 is 4.78. The van der Waals surface area contributed by atoms with Gasteiger partial charge in [0.15, 0.2) is 0 Å². The van der Waals surface area contributed by atoms with Crippen molar-refractivity contribution in [1.82, 2.24) is 0 Å². The van der Waals surface area contributed by atoms with Crippen LogP contribution in [-0.2, 0) is 9.53 Å². The Morgan fingerprint density at radius 3 is 2.74 bits per heavy atom. The van der Waals surface area contributed by atoms with Gasteiger partial charge < -0.3 is 4.74 Å². The molecular weight excluding hydrogens is 236 g/mol. The van der Waals surface area contributed by atoms with Gasteiger partial charge in [-0.2, -0.15) is 0 Å². The largest absolute Gasteiger partial charge is 0.469 e. The van der Waals surface area contributed by atoms with Gasteiger partial charge in [0.1, 0.15) is 0 Å². The molecule has 2 atom stereocenters. The maximum Gasteiger partial charge on any atom is 0.305 e. The molecule has 0 N–H and O–H groups in total. The lowest BCUT2D eigenvalue weighted by molar-refractivity contribution is -0.142. The molecule has 2 nitrogen and oxygen atoms in total. The molecule has 0 saturated carbocycles. The molecule has 1 aromatic carbocycles. The number of benzene rings is 1. The maximum absolute atomic E-state index is 11.4. The van der Waals surface area contributed by atoms with E-state index >= 15 is 0 Å². The Morgan fingerprint density at radius 1 is 1.26 bits per heavy atom. The van der Waals surface area contributed by atoms with Gasteiger partial charge in [-0.05, 0) is 30.2 Å². The Labute approximate surface area is 114 Å². The molecule has 1 aromatic rings. The minimum atomic E-state index is -0.113. The third-order valence-electron chi connectivity index (χ3n) is 3.61. The Kier molecular flexibility index (Phi) is 4.96. The summed E-state index contributed by atoms with van der Waals surface area (Å²) >= 11 is 0. The van der Waals surface area contributed by atoms with E-state index in [1.807, 2.05) is 18.2 Å². The minimum Gasteiger partial charge on any atom is -0.469 e. The lowest BCUT2D eigenvalue weighted by atomic mass is 9.80. The first kappa shape index (κ1) is 13.6. The molecule has 0 amide bonds. The molecule has 0 saturated heterocycles. The number of hydrogen-bond donors (Lipinski definition) is 0. The van der Waals surface area contributed by atoms with Gasteiger partial charge >= 0.3 is 5.97 Å². The fourth-order valence-corrected chi connectivity index (χ4v) is 2.46. The van der Waals surface area contributed by atoms with Crippen molar-refractivity contribution < 1.29 is 9.53 Å². The summed E-state index contributed by atoms with van der Waals surface area (Å²) in [5.41, 5.74) is 1.20. The number of carbonyl (C=O) groups is 1. The molecule has 0 aromatic heterocycles. The molecule has 19 heavy (non-hydrogen) atoms. The second-order valence-electron chi connectivity index (χ2n) is 4.92. The van der Waals surface area contributed by atoms with Gasteiger partial charge in [0, 0.05) is 6.42 Å². The summed E-state index contributed by atoms with van der Waals surface area (Å²) in [4.78, 5) is 11.4. The van der Waals surface area contributed by atoms with E-state index in [4.69, 9.17) is 4.74 Å². The molecule has 2 heteroatoms. The zero-order valence-corrected chi connectivity index (χ0v) is 11.3. The SMILES string of the molecule is COC(=O)C[C@@H]1CC=CC[C@@H]1/C=C/c1ccccc1. The first-order chi connectivity index (χ1) is 9.29. The topological polar surface area (TPSA) is 26.3 Å². The molecule has 0 fully saturated rings. The predicted octanol–water partition coefficient (Wildman–Crippen LogP) is 3.85. The van der Waals surface area contributed by atoms with Crippen molar-refractivity contribution in [3.05, 3.63) is 54.1 Å². The number of esters is 1. The van der Waals surface area contributed by atoms with E-state index in [-0.39, 0.29) is 5.97 Å². The Morgan fingerprint density at radius 2 is 2.00 bits per heavy atom. The van der Waals surface area contributed by atoms with Crippen LogP contribution >= 0.6 is 0 Å². The first-order valence-electron chi connectivity index (χ1n) is 6.74. The lowest BCUT2D eigenvalue weighted by Gasteiger charge is -2.25. The Bertz CT molecular complexity index is 459. The molecular formula is C17H20O2. The molecule has 0 bridgehead atoms. The zero-order valence-electron chi connectivity index (χ0n) is 11.3. The zero-order chi connectivity index (χ0) is 13.5. The highest BCUT2D eigenvalue weighted by Gasteiger charge is 2.23. The van der Waals surface area contributed by atoms with Crippen LogP contribution in [0.3, 0.4) is 0 Å². The van der Waals surface area contributed by atoms with E-state index in [1.165, 1.54) is 12.7 Å². The van der Waals surface area contributed by atoms with Crippen LogP contribution < -0.4 is 0 Å². The average Bonchev–Trinajstić information content (AvgIpc) is 2.47. The Hall–Kier alpha value is -1.83. The summed E-state index contributed by atoms with van der Waals surface area (Å²) in [6.45, 7) is 0. The number of allylic oxidation sites excluding steroid dienone is 3. The van der Waals surface area contributed by atoms with E-state index < -0.39 is 0 Å². The maximum atomic E-state index is 11.4. The quantitative estimate of drug-likeness (QED) is 0.604. The summed E-state index contributed by atoms with van der Waals surface area (Å²) in [6.07, 6.45) is 11.2. The smallest absolute Gasteiger partial charge is 0.305 e. The summed E-state index contributed by atoms with van der Waals surface area (Å²) in [5.74, 6) is 0.667. The van der Waals surface area contributed by atoms with Crippen molar-refractivity contribution in [2.75, 3.05) is 7.11 Å². The van der Waals surface area contributed by atoms with Gasteiger partial charge in [0.2, 0.25) is 0 Å². The highest BCUT2D eigenvalue weighted by molar-refractivity contribution is 5.69. The van der Waals surface area contributed by atoms with E-state index in [1.54, 1.807) is 0 Å². The summed E-state index contributed by atoms with van der Waals surface area (Å²) in [5, 5.41) is 0. The van der Waals surface area contributed by atoms with Crippen molar-refractivity contribution in [2.24, 2.45) is 11.8 Å². The van der Waals surface area contributed by atoms with Gasteiger partial charge in [0.25, 0.3) is 0 Å². The van der Waals surface area contributed by atoms with Crippen molar-refractivity contribution in [3.63, 3.8) is 0 Å². The average molecular weight is 256 g/mol. The second-order valence-corrected chi connectivity index (χ2v) is 4.92. The van der Waals surface area contributed by atoms with Crippen LogP contribution in [0.4, 0.5) is 0 Å². The molecule has 2 rings (SSSR count). The van der Waals surface area contributed by atoms with Crippen LogP contribution in [0.15, 0.2) is 48.6 Å². The molecule has 0 radical (unpaired) electrons. The van der Waals surface area contributed by atoms with Gasteiger partial charge in [-0.3, -0.25) is 4.79 Å². The van der Waals surface area contributed by atoms with Crippen LogP contribution in [0.5, 0.6) is 0 Å². The molecule has 100 valence electrons. The molecule has 1 aliphatic rings. The second kappa shape index (κ2) is 6.93. The van der Waals surface area contributed by atoms with E-state index in [9.17, 15) is 4.79 Å². The number of hydrogen-bond acceptors (Lipinski definition) is 2. The van der Waals surface area contributed by atoms with Crippen LogP contribution in [-0.4, -0.2) is 13.1 Å². The number of rotatable bonds is 4. The molecule has 0 unspecified atom stereocenters. The third-order valence-corrected chi connectivity index (χ3v) is 3.61. The number of carbonyl (C=O) groups excluding carboxylic acids is 1. The summed E-state index contributed by atoms with van der Waals surface area (Å²) in [7, 11) is 1.45. The number of ether oxygens (including phenoxy) is 1. The van der Waals surface area contributed by atoms with E-state index in [0.29, 0.717) is 18.3 Å². The van der Waals surface area contributed by atoms with Crippen molar-refractivity contribution >= 4 is 12.0 Å². The highest BCUT2D eigenvalue weighted by Crippen LogP contribution is 2.30. The van der Waals surface area contributed by atoms with Crippen LogP contribution in [0.25, 0.3) is 6.08 Å². The third kappa shape index (κ3) is 4.09. The van der Waals surface area contributed by atoms with E-state index in [2.05, 4.69) is 36.4 Å². The van der Waals surface area contributed by atoms with Crippen molar-refractivity contribution in [2.45, 2.75) is 19.3 Å². The molecule has 0 spiro atoms. The molecule has 1 aliphatic carbocycles. The first-order valence-corrected chi connectivity index (χ1v) is 6.74. The fourth-order valence-electron chi connectivity index (χ4n) is 2.46. The molecule has 0 aliphatic heterocycles. The van der Waals surface area contributed by atoms with Crippen molar-refractivity contribution in [3.8, 4) is 0 Å². The normalized spacial score (nSPS) is 22.6. The van der Waals surface area contributed by atoms with E-state index in [0.717, 1.165) is 12.8 Å². The van der Waals surface area contributed by atoms with Gasteiger partial charge in [-0.25, -0.2) is 0 Å². The minimum absolute atomic E-state index is 0.113. The standard InChI is InChI=1S/C17H20O2/c1-19-17(18)13-16-10-6-5-9-15(16)12-11-14-7-3-2-4-8-14/h2-8,11-12,15-16H,9-10,13H2,1H3/b12-11+/t15-,16+/m1/s1. The van der Waals surface area contributed by atoms with Gasteiger partial charge in [-0.1, -0.05) is 54.6 Å². The Balaban J connectivity index is 2.02. The predicted molar refractivity (Wildman–Crippen MR) is 77.5 cm³/mol. The lowest BCUT2D eigenvalue weighted by Crippen LogP contribution is -2.19. The van der Waals surface area contributed by atoms with Crippen molar-refractivity contribution in [1.29, 1.82) is 0 Å². The number of methoxy groups -OCH3 is 1.